The van der Waals surface area contributed by atoms with Gasteiger partial charge in [-0.25, -0.2) is 13.1 Å². The predicted molar refractivity (Wildman–Crippen MR) is 74.3 cm³/mol. The maximum Gasteiger partial charge on any atom is 0.312 e. The van der Waals surface area contributed by atoms with Gasteiger partial charge in [0.05, 0.1) is 11.5 Å². The summed E-state index contributed by atoms with van der Waals surface area (Å²) < 4.78 is 31.5. The molecule has 0 atom stereocenters. The van der Waals surface area contributed by atoms with Crippen molar-refractivity contribution in [1.29, 1.82) is 0 Å². The van der Waals surface area contributed by atoms with Crippen LogP contribution in [0.15, 0.2) is 23.1 Å². The summed E-state index contributed by atoms with van der Waals surface area (Å²) in [7, 11) is -2.47. The van der Waals surface area contributed by atoms with Gasteiger partial charge in [-0.3, -0.25) is 10.1 Å². The lowest BCUT2D eigenvalue weighted by molar-refractivity contribution is -0.386. The van der Waals surface area contributed by atoms with Gasteiger partial charge in [0.15, 0.2) is 4.90 Å². The second kappa shape index (κ2) is 7.17. The molecule has 20 heavy (non-hydrogen) atoms. The second-order valence-electron chi connectivity index (χ2n) is 3.75. The number of nitrogens with zero attached hydrogens (tertiary/aromatic N) is 1. The molecule has 0 aliphatic heterocycles. The summed E-state index contributed by atoms with van der Waals surface area (Å²) in [6, 6.07) is 4.08. The van der Waals surface area contributed by atoms with Crippen molar-refractivity contribution in [3.05, 3.63) is 28.3 Å². The smallest absolute Gasteiger partial charge is 0.312 e. The maximum atomic E-state index is 12.1. The Morgan fingerprint density at radius 3 is 2.65 bits per heavy atom. The van der Waals surface area contributed by atoms with Gasteiger partial charge in [0.25, 0.3) is 0 Å². The molecule has 2 N–H and O–H groups in total. The summed E-state index contributed by atoms with van der Waals surface area (Å²) in [6.07, 6.45) is 0. The van der Waals surface area contributed by atoms with E-state index in [9.17, 15) is 18.5 Å². The van der Waals surface area contributed by atoms with Crippen molar-refractivity contribution in [3.8, 4) is 0 Å². The van der Waals surface area contributed by atoms with E-state index in [0.717, 1.165) is 0 Å². The molecule has 0 fully saturated rings. The first-order valence-corrected chi connectivity index (χ1v) is 7.45. The van der Waals surface area contributed by atoms with Gasteiger partial charge >= 0.3 is 5.69 Å². The van der Waals surface area contributed by atoms with Crippen molar-refractivity contribution in [2.45, 2.75) is 11.8 Å². The zero-order chi connectivity index (χ0) is 15.2. The lowest BCUT2D eigenvalue weighted by atomic mass is 10.3. The molecule has 1 aromatic rings. The van der Waals surface area contributed by atoms with Crippen LogP contribution in [0.25, 0.3) is 0 Å². The minimum absolute atomic E-state index is 0.0527. The lowest BCUT2D eigenvalue weighted by Crippen LogP contribution is -2.28. The minimum atomic E-state index is -3.96. The van der Waals surface area contributed by atoms with Crippen LogP contribution in [-0.4, -0.2) is 40.1 Å². The first kappa shape index (κ1) is 16.3. The van der Waals surface area contributed by atoms with E-state index in [1.807, 2.05) is 0 Å². The highest BCUT2D eigenvalue weighted by atomic mass is 32.2. The molecular weight excluding hydrogens is 286 g/mol. The summed E-state index contributed by atoms with van der Waals surface area (Å²) >= 11 is 0. The number of nitrogens with one attached hydrogen (secondary N) is 2. The van der Waals surface area contributed by atoms with Crippen LogP contribution in [0, 0.1) is 10.1 Å². The summed E-state index contributed by atoms with van der Waals surface area (Å²) in [5.74, 6) is 0. The summed E-state index contributed by atoms with van der Waals surface area (Å²) in [5.41, 5.74) is -0.332. The monoisotopic (exact) mass is 303 g/mol. The van der Waals surface area contributed by atoms with Gasteiger partial charge in [0, 0.05) is 20.2 Å². The fraction of sp³-hybridized carbons (Fsp3) is 0.455. The van der Waals surface area contributed by atoms with Crippen LogP contribution in [0.2, 0.25) is 0 Å². The van der Waals surface area contributed by atoms with Crippen LogP contribution in [0.4, 0.5) is 11.4 Å². The first-order valence-electron chi connectivity index (χ1n) is 5.96. The van der Waals surface area contributed by atoms with E-state index in [1.54, 1.807) is 6.92 Å². The number of rotatable bonds is 8. The fourth-order valence-corrected chi connectivity index (χ4v) is 2.80. The van der Waals surface area contributed by atoms with Gasteiger partial charge < -0.3 is 10.1 Å². The Morgan fingerprint density at radius 1 is 1.40 bits per heavy atom. The van der Waals surface area contributed by atoms with Crippen LogP contribution >= 0.6 is 0 Å². The third-order valence-corrected chi connectivity index (χ3v) is 3.98. The topological polar surface area (TPSA) is 111 Å². The maximum absolute atomic E-state index is 12.1. The molecule has 0 radical (unpaired) electrons. The van der Waals surface area contributed by atoms with Crippen molar-refractivity contribution >= 4 is 21.4 Å². The molecular formula is C11H17N3O5S. The molecule has 0 amide bonds. The number of nitro benzene ring substituents is 1. The molecule has 0 aromatic heterocycles. The quantitative estimate of drug-likeness (QED) is 0.420. The molecule has 0 heterocycles. The van der Waals surface area contributed by atoms with Gasteiger partial charge in [-0.15, -0.1) is 0 Å². The third-order valence-electron chi connectivity index (χ3n) is 2.48. The van der Waals surface area contributed by atoms with E-state index >= 15 is 0 Å². The second-order valence-corrected chi connectivity index (χ2v) is 5.49. The SMILES string of the molecule is CCOCCNS(=O)(=O)c1cccc(NC)c1[N+](=O)[O-]. The molecule has 0 aliphatic rings. The zero-order valence-corrected chi connectivity index (χ0v) is 12.1. The first-order chi connectivity index (χ1) is 9.44. The predicted octanol–water partition coefficient (Wildman–Crippen LogP) is 0.951. The normalized spacial score (nSPS) is 11.3. The van der Waals surface area contributed by atoms with Crippen LogP contribution < -0.4 is 10.0 Å². The summed E-state index contributed by atoms with van der Waals surface area (Å²) in [6.45, 7) is 2.51. The Bertz CT molecular complexity index is 573. The van der Waals surface area contributed by atoms with E-state index in [-0.39, 0.29) is 23.7 Å². The number of hydrogen-bond acceptors (Lipinski definition) is 6. The number of nitro groups is 1. The number of ether oxygens (including phenoxy) is 1. The van der Waals surface area contributed by atoms with Crippen molar-refractivity contribution in [1.82, 2.24) is 4.72 Å². The Hall–Kier alpha value is -1.71. The Morgan fingerprint density at radius 2 is 2.10 bits per heavy atom. The highest BCUT2D eigenvalue weighted by Crippen LogP contribution is 2.31. The summed E-state index contributed by atoms with van der Waals surface area (Å²) in [5, 5.41) is 13.7. The Kier molecular flexibility index (Phi) is 5.86. The molecule has 0 bridgehead atoms. The Labute approximate surface area is 117 Å². The molecule has 1 rings (SSSR count). The molecule has 0 saturated heterocycles. The molecule has 112 valence electrons. The van der Waals surface area contributed by atoms with Gasteiger partial charge in [0.2, 0.25) is 10.0 Å². The van der Waals surface area contributed by atoms with Gasteiger partial charge in [-0.2, -0.15) is 0 Å². The van der Waals surface area contributed by atoms with E-state index in [2.05, 4.69) is 10.0 Å². The molecule has 8 nitrogen and oxygen atoms in total. The van der Waals surface area contributed by atoms with Crippen molar-refractivity contribution < 1.29 is 18.1 Å². The van der Waals surface area contributed by atoms with Gasteiger partial charge in [-0.1, -0.05) is 6.07 Å². The average Bonchev–Trinajstić information content (AvgIpc) is 2.42. The Balaban J connectivity index is 3.08. The van der Waals surface area contributed by atoms with E-state index in [4.69, 9.17) is 4.74 Å². The average molecular weight is 303 g/mol. The number of hydrogen-bond donors (Lipinski definition) is 2. The number of anilines is 1. The van der Waals surface area contributed by atoms with Crippen LogP contribution in [-0.2, 0) is 14.8 Å². The van der Waals surface area contributed by atoms with Crippen LogP contribution in [0.3, 0.4) is 0 Å². The highest BCUT2D eigenvalue weighted by Gasteiger charge is 2.28. The van der Waals surface area contributed by atoms with Crippen LogP contribution in [0.1, 0.15) is 6.92 Å². The molecule has 0 unspecified atom stereocenters. The van der Waals surface area contributed by atoms with E-state index < -0.39 is 20.6 Å². The van der Waals surface area contributed by atoms with Crippen molar-refractivity contribution in [2.24, 2.45) is 0 Å². The third kappa shape index (κ3) is 3.89. The van der Waals surface area contributed by atoms with Crippen molar-refractivity contribution in [2.75, 3.05) is 32.1 Å². The largest absolute Gasteiger partial charge is 0.383 e. The summed E-state index contributed by atoms with van der Waals surface area (Å²) in [4.78, 5) is 9.98. The van der Waals surface area contributed by atoms with Crippen LogP contribution in [0.5, 0.6) is 0 Å². The standard InChI is InChI=1S/C11H17N3O5S/c1-3-19-8-7-13-20(17,18)10-6-4-5-9(12-2)11(10)14(15)16/h4-6,12-13H,3,7-8H2,1-2H3. The minimum Gasteiger partial charge on any atom is -0.383 e. The molecule has 9 heteroatoms. The van der Waals surface area contributed by atoms with E-state index in [1.165, 1.54) is 25.2 Å². The molecule has 0 saturated carbocycles. The van der Waals surface area contributed by atoms with Gasteiger partial charge in [-0.05, 0) is 19.1 Å². The molecule has 0 spiro atoms. The van der Waals surface area contributed by atoms with Gasteiger partial charge in [0.1, 0.15) is 5.69 Å². The molecule has 1 aromatic carbocycles. The number of benzene rings is 1. The number of para-hydroxylation sites is 1. The highest BCUT2D eigenvalue weighted by molar-refractivity contribution is 7.89. The molecule has 0 aliphatic carbocycles. The zero-order valence-electron chi connectivity index (χ0n) is 11.3. The van der Waals surface area contributed by atoms with Crippen molar-refractivity contribution in [3.63, 3.8) is 0 Å². The number of sulfonamides is 1. The van der Waals surface area contributed by atoms with E-state index in [0.29, 0.717) is 6.61 Å². The fourth-order valence-electron chi connectivity index (χ4n) is 1.60. The lowest BCUT2D eigenvalue weighted by Gasteiger charge is -2.09.